The predicted molar refractivity (Wildman–Crippen MR) is 110 cm³/mol. The second-order valence-corrected chi connectivity index (χ2v) is 10.3. The highest BCUT2D eigenvalue weighted by Crippen LogP contribution is 2.30. The molecule has 2 aromatic rings. The van der Waals surface area contributed by atoms with E-state index >= 15 is 0 Å². The number of sulfonamides is 1. The maximum Gasteiger partial charge on any atom is 0.252 e. The highest BCUT2D eigenvalue weighted by Gasteiger charge is 2.35. The molecule has 1 N–H and O–H groups in total. The van der Waals surface area contributed by atoms with E-state index in [0.717, 1.165) is 35.2 Å². The van der Waals surface area contributed by atoms with Gasteiger partial charge < -0.3 is 5.32 Å². The van der Waals surface area contributed by atoms with Crippen molar-refractivity contribution in [1.29, 1.82) is 0 Å². The third-order valence-electron chi connectivity index (χ3n) is 4.99. The quantitative estimate of drug-likeness (QED) is 0.807. The molecule has 146 valence electrons. The van der Waals surface area contributed by atoms with Gasteiger partial charge in [-0.1, -0.05) is 30.2 Å². The van der Waals surface area contributed by atoms with Crippen LogP contribution in [0.4, 0.5) is 5.69 Å². The number of carbonyl (C=O) groups is 1. The number of nitrogens with zero attached hydrogens (tertiary/aromatic N) is 1. The number of hydrogen-bond donors (Lipinski definition) is 1. The Morgan fingerprint density at radius 1 is 1.22 bits per heavy atom. The summed E-state index contributed by atoms with van der Waals surface area (Å²) >= 11 is 1.22. The van der Waals surface area contributed by atoms with Gasteiger partial charge in [-0.15, -0.1) is 11.3 Å². The van der Waals surface area contributed by atoms with Crippen LogP contribution in [0.1, 0.15) is 42.4 Å². The van der Waals surface area contributed by atoms with Crippen LogP contribution in [0.5, 0.6) is 0 Å². The molecule has 0 radical (unpaired) electrons. The minimum absolute atomic E-state index is 0.136. The van der Waals surface area contributed by atoms with E-state index in [9.17, 15) is 13.2 Å². The monoisotopic (exact) mass is 406 g/mol. The standard InChI is InChI=1S/C20H26N2O3S2/c1-14-11-15(2)20(16(3)12-14)21-18(23)13-17-7-4-5-9-22(17)27(24,25)19-8-6-10-26-19/h6,8,10-12,17H,4-5,7,9,13H2,1-3H3,(H,21,23). The fourth-order valence-corrected chi connectivity index (χ4v) is 6.61. The molecule has 0 spiro atoms. The number of rotatable bonds is 5. The van der Waals surface area contributed by atoms with E-state index < -0.39 is 10.0 Å². The molecule has 1 fully saturated rings. The molecule has 2 heterocycles. The van der Waals surface area contributed by atoms with Crippen molar-refractivity contribution < 1.29 is 13.2 Å². The van der Waals surface area contributed by atoms with E-state index in [2.05, 4.69) is 5.32 Å². The van der Waals surface area contributed by atoms with Gasteiger partial charge in [0.2, 0.25) is 5.91 Å². The Labute approximate surface area is 165 Å². The van der Waals surface area contributed by atoms with Crippen molar-refractivity contribution >= 4 is 33.0 Å². The summed E-state index contributed by atoms with van der Waals surface area (Å²) in [5.74, 6) is -0.136. The summed E-state index contributed by atoms with van der Waals surface area (Å²) in [6, 6.07) is 7.15. The van der Waals surface area contributed by atoms with Crippen molar-refractivity contribution in [2.45, 2.75) is 56.7 Å². The zero-order valence-corrected chi connectivity index (χ0v) is 17.6. The maximum absolute atomic E-state index is 12.9. The SMILES string of the molecule is Cc1cc(C)c(NC(=O)CC2CCCCN2S(=O)(=O)c2cccs2)c(C)c1. The lowest BCUT2D eigenvalue weighted by atomic mass is 10.0. The number of benzene rings is 1. The van der Waals surface area contributed by atoms with Crippen molar-refractivity contribution in [1.82, 2.24) is 4.31 Å². The second kappa shape index (κ2) is 8.12. The molecule has 1 atom stereocenters. The van der Waals surface area contributed by atoms with Crippen LogP contribution in [-0.2, 0) is 14.8 Å². The number of anilines is 1. The summed E-state index contributed by atoms with van der Waals surface area (Å²) in [5.41, 5.74) is 4.03. The van der Waals surface area contributed by atoms with Crippen LogP contribution in [0, 0.1) is 20.8 Å². The molecule has 1 aromatic carbocycles. The highest BCUT2D eigenvalue weighted by molar-refractivity contribution is 7.91. The summed E-state index contributed by atoms with van der Waals surface area (Å²) in [4.78, 5) is 12.7. The topological polar surface area (TPSA) is 66.5 Å². The number of hydrogen-bond acceptors (Lipinski definition) is 4. The highest BCUT2D eigenvalue weighted by atomic mass is 32.2. The fraction of sp³-hybridized carbons (Fsp3) is 0.450. The molecular formula is C20H26N2O3S2. The summed E-state index contributed by atoms with van der Waals surface area (Å²) in [6.07, 6.45) is 2.66. The zero-order chi connectivity index (χ0) is 19.6. The van der Waals surface area contributed by atoms with Crippen LogP contribution in [-0.4, -0.2) is 31.2 Å². The number of nitrogens with one attached hydrogen (secondary N) is 1. The first-order chi connectivity index (χ1) is 12.8. The van der Waals surface area contributed by atoms with Gasteiger partial charge in [-0.05, 0) is 56.2 Å². The molecule has 1 saturated heterocycles. The van der Waals surface area contributed by atoms with Gasteiger partial charge in [0.15, 0.2) is 0 Å². The average Bonchev–Trinajstić information content (AvgIpc) is 3.14. The lowest BCUT2D eigenvalue weighted by Gasteiger charge is -2.34. The van der Waals surface area contributed by atoms with Crippen LogP contribution in [0.15, 0.2) is 33.9 Å². The van der Waals surface area contributed by atoms with Gasteiger partial charge in [-0.25, -0.2) is 8.42 Å². The smallest absolute Gasteiger partial charge is 0.252 e. The minimum atomic E-state index is -3.54. The number of amides is 1. The second-order valence-electron chi connectivity index (χ2n) is 7.22. The Morgan fingerprint density at radius 2 is 1.93 bits per heavy atom. The van der Waals surface area contributed by atoms with E-state index in [1.807, 2.05) is 32.9 Å². The largest absolute Gasteiger partial charge is 0.326 e. The normalized spacial score (nSPS) is 18.4. The average molecular weight is 407 g/mol. The first-order valence-corrected chi connectivity index (χ1v) is 11.5. The molecule has 1 aromatic heterocycles. The molecule has 1 aliphatic rings. The predicted octanol–water partition coefficient (Wildman–Crippen LogP) is 4.25. The van der Waals surface area contributed by atoms with Crippen LogP contribution < -0.4 is 5.32 Å². The van der Waals surface area contributed by atoms with Crippen molar-refractivity contribution in [3.63, 3.8) is 0 Å². The van der Waals surface area contributed by atoms with E-state index in [1.54, 1.807) is 17.5 Å². The Hall–Kier alpha value is -1.70. The van der Waals surface area contributed by atoms with Gasteiger partial charge in [0.1, 0.15) is 4.21 Å². The van der Waals surface area contributed by atoms with E-state index in [1.165, 1.54) is 15.6 Å². The molecule has 5 nitrogen and oxygen atoms in total. The Kier molecular flexibility index (Phi) is 6.03. The lowest BCUT2D eigenvalue weighted by Crippen LogP contribution is -2.45. The van der Waals surface area contributed by atoms with Crippen molar-refractivity contribution in [3.05, 3.63) is 46.3 Å². The third kappa shape index (κ3) is 4.42. The fourth-order valence-electron chi connectivity index (χ4n) is 3.80. The molecule has 27 heavy (non-hydrogen) atoms. The lowest BCUT2D eigenvalue weighted by molar-refractivity contribution is -0.117. The first kappa shape index (κ1) is 20.0. The Bertz CT molecular complexity index is 898. The van der Waals surface area contributed by atoms with Crippen molar-refractivity contribution in [2.75, 3.05) is 11.9 Å². The van der Waals surface area contributed by atoms with Crippen molar-refractivity contribution in [2.24, 2.45) is 0 Å². The number of piperidine rings is 1. The van der Waals surface area contributed by atoms with Crippen LogP contribution in [0.25, 0.3) is 0 Å². The van der Waals surface area contributed by atoms with Crippen LogP contribution in [0.2, 0.25) is 0 Å². The van der Waals surface area contributed by atoms with E-state index in [-0.39, 0.29) is 18.4 Å². The first-order valence-electron chi connectivity index (χ1n) is 9.22. The molecule has 0 bridgehead atoms. The van der Waals surface area contributed by atoms with Crippen molar-refractivity contribution in [3.8, 4) is 0 Å². The van der Waals surface area contributed by atoms with Crippen LogP contribution >= 0.6 is 11.3 Å². The minimum Gasteiger partial charge on any atom is -0.326 e. The molecule has 7 heteroatoms. The molecule has 0 aliphatic carbocycles. The Morgan fingerprint density at radius 3 is 2.56 bits per heavy atom. The summed E-state index contributed by atoms with van der Waals surface area (Å²) in [7, 11) is -3.54. The molecular weight excluding hydrogens is 380 g/mol. The van der Waals surface area contributed by atoms with Gasteiger partial charge >= 0.3 is 0 Å². The summed E-state index contributed by atoms with van der Waals surface area (Å²) in [6.45, 7) is 6.45. The molecule has 1 aliphatic heterocycles. The van der Waals surface area contributed by atoms with Gasteiger partial charge in [-0.3, -0.25) is 4.79 Å². The number of thiophene rings is 1. The van der Waals surface area contributed by atoms with Gasteiger partial charge in [0, 0.05) is 24.7 Å². The molecule has 3 rings (SSSR count). The Balaban J connectivity index is 1.76. The summed E-state index contributed by atoms with van der Waals surface area (Å²) in [5, 5.41) is 4.77. The zero-order valence-electron chi connectivity index (χ0n) is 16.0. The molecule has 1 amide bonds. The summed E-state index contributed by atoms with van der Waals surface area (Å²) < 4.78 is 27.8. The molecule has 0 saturated carbocycles. The van der Waals surface area contributed by atoms with E-state index in [0.29, 0.717) is 17.2 Å². The van der Waals surface area contributed by atoms with Gasteiger partial charge in [0.05, 0.1) is 0 Å². The number of aryl methyl sites for hydroxylation is 3. The van der Waals surface area contributed by atoms with Gasteiger partial charge in [0.25, 0.3) is 10.0 Å². The maximum atomic E-state index is 12.9. The van der Waals surface area contributed by atoms with Crippen LogP contribution in [0.3, 0.4) is 0 Å². The van der Waals surface area contributed by atoms with E-state index in [4.69, 9.17) is 0 Å². The third-order valence-corrected chi connectivity index (χ3v) is 8.32. The number of carbonyl (C=O) groups excluding carboxylic acids is 1. The van der Waals surface area contributed by atoms with Gasteiger partial charge in [-0.2, -0.15) is 4.31 Å². The molecule has 1 unspecified atom stereocenters.